The minimum absolute atomic E-state index is 0.296. The van der Waals surface area contributed by atoms with E-state index in [1.54, 1.807) is 0 Å². The highest BCUT2D eigenvalue weighted by atomic mass is 79.9. The van der Waals surface area contributed by atoms with E-state index in [4.69, 9.17) is 4.74 Å². The molecule has 0 radical (unpaired) electrons. The summed E-state index contributed by atoms with van der Waals surface area (Å²) in [6, 6.07) is 7.51. The number of anilines is 1. The molecule has 3 nitrogen and oxygen atoms in total. The number of hydrogen-bond acceptors (Lipinski definition) is 3. The molecule has 1 aromatic rings. The molecule has 4 heteroatoms. The first kappa shape index (κ1) is 16.8. The lowest BCUT2D eigenvalue weighted by Gasteiger charge is -2.38. The van der Waals surface area contributed by atoms with E-state index < -0.39 is 0 Å². The highest BCUT2D eigenvalue weighted by Gasteiger charge is 2.24. The third-order valence-corrected chi connectivity index (χ3v) is 4.78. The molecule has 2 rings (SSSR count). The Morgan fingerprint density at radius 2 is 2.19 bits per heavy atom. The molecule has 3 atom stereocenters. The summed E-state index contributed by atoms with van der Waals surface area (Å²) in [4.78, 5) is 2.44. The van der Waals surface area contributed by atoms with Crippen LogP contribution in [0.2, 0.25) is 0 Å². The van der Waals surface area contributed by atoms with Gasteiger partial charge < -0.3 is 15.0 Å². The third kappa shape index (κ3) is 4.21. The van der Waals surface area contributed by atoms with Crippen LogP contribution in [-0.4, -0.2) is 31.8 Å². The first-order valence-electron chi connectivity index (χ1n) is 7.94. The van der Waals surface area contributed by atoms with Crippen LogP contribution in [0, 0.1) is 0 Å². The molecule has 3 unspecified atom stereocenters. The highest BCUT2D eigenvalue weighted by Crippen LogP contribution is 2.30. The zero-order chi connectivity index (χ0) is 15.4. The fourth-order valence-corrected chi connectivity index (χ4v) is 3.49. The van der Waals surface area contributed by atoms with Gasteiger partial charge in [0.25, 0.3) is 0 Å². The Morgan fingerprint density at radius 3 is 2.86 bits per heavy atom. The molecule has 1 aliphatic rings. The van der Waals surface area contributed by atoms with Gasteiger partial charge in [-0.1, -0.05) is 28.9 Å². The molecule has 1 heterocycles. The van der Waals surface area contributed by atoms with E-state index in [0.717, 1.165) is 26.1 Å². The second-order valence-electron chi connectivity index (χ2n) is 6.03. The van der Waals surface area contributed by atoms with E-state index in [-0.39, 0.29) is 0 Å². The molecule has 1 aliphatic heterocycles. The van der Waals surface area contributed by atoms with Crippen LogP contribution < -0.4 is 10.2 Å². The van der Waals surface area contributed by atoms with Crippen LogP contribution in [0.3, 0.4) is 0 Å². The van der Waals surface area contributed by atoms with Gasteiger partial charge in [-0.15, -0.1) is 0 Å². The van der Waals surface area contributed by atoms with Crippen LogP contribution in [-0.2, 0) is 4.74 Å². The molecule has 1 aromatic carbocycles. The monoisotopic (exact) mass is 354 g/mol. The van der Waals surface area contributed by atoms with Gasteiger partial charge in [-0.2, -0.15) is 0 Å². The lowest BCUT2D eigenvalue weighted by molar-refractivity contribution is 0.0344. The SMILES string of the molecule is CCCNC(C)c1ccc(N2CC(C)OCC2C)cc1Br. The van der Waals surface area contributed by atoms with E-state index in [2.05, 4.69) is 72.0 Å². The number of nitrogens with zero attached hydrogens (tertiary/aromatic N) is 1. The maximum absolute atomic E-state index is 5.71. The fraction of sp³-hybridized carbons (Fsp3) is 0.647. The normalized spacial score (nSPS) is 24.1. The minimum atomic E-state index is 0.296. The number of ether oxygens (including phenoxy) is 1. The maximum atomic E-state index is 5.71. The molecule has 0 amide bonds. The summed E-state index contributed by atoms with van der Waals surface area (Å²) < 4.78 is 6.90. The first-order chi connectivity index (χ1) is 10.0. The lowest BCUT2D eigenvalue weighted by Crippen LogP contribution is -2.47. The summed E-state index contributed by atoms with van der Waals surface area (Å²) in [5.74, 6) is 0. The molecule has 1 saturated heterocycles. The predicted octanol–water partition coefficient (Wildman–Crippen LogP) is 4.12. The standard InChI is InChI=1S/C17H27BrN2O/c1-5-8-19-14(4)16-7-6-15(9-17(16)18)20-10-13(3)21-11-12(20)2/h6-7,9,12-14,19H,5,8,10-11H2,1-4H3. The Labute approximate surface area is 137 Å². The molecule has 1 fully saturated rings. The van der Waals surface area contributed by atoms with E-state index in [9.17, 15) is 0 Å². The lowest BCUT2D eigenvalue weighted by atomic mass is 10.1. The minimum Gasteiger partial charge on any atom is -0.375 e. The molecular weight excluding hydrogens is 328 g/mol. The van der Waals surface area contributed by atoms with Gasteiger partial charge in [0, 0.05) is 28.8 Å². The number of halogens is 1. The average molecular weight is 355 g/mol. The van der Waals surface area contributed by atoms with Crippen molar-refractivity contribution in [3.8, 4) is 0 Å². The van der Waals surface area contributed by atoms with Crippen molar-refractivity contribution in [2.45, 2.75) is 52.3 Å². The van der Waals surface area contributed by atoms with Crippen LogP contribution in [0.15, 0.2) is 22.7 Å². The van der Waals surface area contributed by atoms with E-state index >= 15 is 0 Å². The number of morpholine rings is 1. The molecule has 118 valence electrons. The van der Waals surface area contributed by atoms with Crippen LogP contribution >= 0.6 is 15.9 Å². The Balaban J connectivity index is 2.14. The van der Waals surface area contributed by atoms with Gasteiger partial charge >= 0.3 is 0 Å². The maximum Gasteiger partial charge on any atom is 0.0723 e. The van der Waals surface area contributed by atoms with E-state index in [0.29, 0.717) is 18.2 Å². The van der Waals surface area contributed by atoms with Crippen molar-refractivity contribution >= 4 is 21.6 Å². The van der Waals surface area contributed by atoms with Crippen LogP contribution in [0.4, 0.5) is 5.69 Å². The van der Waals surface area contributed by atoms with Gasteiger partial charge in [0.15, 0.2) is 0 Å². The average Bonchev–Trinajstić information content (AvgIpc) is 2.47. The van der Waals surface area contributed by atoms with Gasteiger partial charge in [-0.25, -0.2) is 0 Å². The topological polar surface area (TPSA) is 24.5 Å². The largest absolute Gasteiger partial charge is 0.375 e. The van der Waals surface area contributed by atoms with Gasteiger partial charge in [-0.05, 0) is 51.4 Å². The summed E-state index contributed by atoms with van der Waals surface area (Å²) in [5.41, 5.74) is 2.59. The summed E-state index contributed by atoms with van der Waals surface area (Å²) in [6.45, 7) is 11.6. The second-order valence-corrected chi connectivity index (χ2v) is 6.88. The predicted molar refractivity (Wildman–Crippen MR) is 93.1 cm³/mol. The van der Waals surface area contributed by atoms with E-state index in [1.807, 2.05) is 0 Å². The first-order valence-corrected chi connectivity index (χ1v) is 8.73. The molecule has 0 bridgehead atoms. The van der Waals surface area contributed by atoms with Crippen molar-refractivity contribution in [2.75, 3.05) is 24.6 Å². The van der Waals surface area contributed by atoms with E-state index in [1.165, 1.54) is 15.7 Å². The zero-order valence-corrected chi connectivity index (χ0v) is 15.1. The molecular formula is C17H27BrN2O. The quantitative estimate of drug-likeness (QED) is 0.860. The van der Waals surface area contributed by atoms with Gasteiger partial charge in [0.05, 0.1) is 12.7 Å². The fourth-order valence-electron chi connectivity index (χ4n) is 2.78. The number of benzene rings is 1. The van der Waals surface area contributed by atoms with Crippen molar-refractivity contribution in [1.82, 2.24) is 5.32 Å². The third-order valence-electron chi connectivity index (χ3n) is 4.09. The Morgan fingerprint density at radius 1 is 1.43 bits per heavy atom. The van der Waals surface area contributed by atoms with Gasteiger partial charge in [0.2, 0.25) is 0 Å². The van der Waals surface area contributed by atoms with Crippen LogP contribution in [0.1, 0.15) is 45.7 Å². The van der Waals surface area contributed by atoms with Crippen molar-refractivity contribution in [3.05, 3.63) is 28.2 Å². The van der Waals surface area contributed by atoms with Gasteiger partial charge in [0.1, 0.15) is 0 Å². The van der Waals surface area contributed by atoms with Crippen molar-refractivity contribution in [3.63, 3.8) is 0 Å². The molecule has 0 saturated carbocycles. The molecule has 0 aromatic heterocycles. The Hall–Kier alpha value is -0.580. The number of hydrogen-bond donors (Lipinski definition) is 1. The Bertz CT molecular complexity index is 466. The number of rotatable bonds is 5. The second kappa shape index (κ2) is 7.61. The van der Waals surface area contributed by atoms with Crippen LogP contribution in [0.5, 0.6) is 0 Å². The summed E-state index contributed by atoms with van der Waals surface area (Å²) in [5, 5.41) is 3.54. The van der Waals surface area contributed by atoms with Crippen LogP contribution in [0.25, 0.3) is 0 Å². The summed E-state index contributed by atoms with van der Waals surface area (Å²) in [7, 11) is 0. The summed E-state index contributed by atoms with van der Waals surface area (Å²) >= 11 is 3.74. The van der Waals surface area contributed by atoms with Gasteiger partial charge in [-0.3, -0.25) is 0 Å². The highest BCUT2D eigenvalue weighted by molar-refractivity contribution is 9.10. The molecule has 0 aliphatic carbocycles. The summed E-state index contributed by atoms with van der Waals surface area (Å²) in [6.07, 6.45) is 1.45. The molecule has 1 N–H and O–H groups in total. The van der Waals surface area contributed by atoms with Crippen molar-refractivity contribution < 1.29 is 4.74 Å². The smallest absolute Gasteiger partial charge is 0.0723 e. The van der Waals surface area contributed by atoms with Crippen molar-refractivity contribution in [1.29, 1.82) is 0 Å². The Kier molecular flexibility index (Phi) is 6.08. The molecule has 21 heavy (non-hydrogen) atoms. The molecule has 0 spiro atoms. The number of nitrogens with one attached hydrogen (secondary N) is 1. The van der Waals surface area contributed by atoms with Crippen molar-refractivity contribution in [2.24, 2.45) is 0 Å². The zero-order valence-electron chi connectivity index (χ0n) is 13.5.